The van der Waals surface area contributed by atoms with E-state index in [4.69, 9.17) is 4.43 Å². The highest BCUT2D eigenvalue weighted by atomic mass is 28.4. The van der Waals surface area contributed by atoms with Gasteiger partial charge in [0.25, 0.3) is 8.48 Å². The van der Waals surface area contributed by atoms with Gasteiger partial charge in [-0.25, -0.2) is 0 Å². The summed E-state index contributed by atoms with van der Waals surface area (Å²) in [5.74, 6) is 0. The maximum Gasteiger partial charge on any atom is 0.274 e. The monoisotopic (exact) mass is 257 g/mol. The normalized spacial score (nSPS) is 22.4. The van der Waals surface area contributed by atoms with Crippen molar-refractivity contribution in [2.75, 3.05) is 7.11 Å². The highest BCUT2D eigenvalue weighted by molar-refractivity contribution is 6.74. The molecule has 1 aliphatic carbocycles. The van der Waals surface area contributed by atoms with Crippen LogP contribution in [0.2, 0.25) is 11.1 Å². The van der Waals surface area contributed by atoms with Crippen LogP contribution in [0.25, 0.3) is 0 Å². The summed E-state index contributed by atoms with van der Waals surface area (Å²) in [7, 11) is 0.111. The zero-order valence-corrected chi connectivity index (χ0v) is 13.4. The van der Waals surface area contributed by atoms with Gasteiger partial charge in [0.05, 0.1) is 0 Å². The van der Waals surface area contributed by atoms with E-state index in [9.17, 15) is 0 Å². The van der Waals surface area contributed by atoms with Crippen LogP contribution in [-0.4, -0.2) is 21.6 Å². The number of hydrogen-bond donors (Lipinski definition) is 1. The van der Waals surface area contributed by atoms with E-state index in [0.29, 0.717) is 6.04 Å². The number of nitrogens with one attached hydrogen (secondary N) is 1. The Morgan fingerprint density at radius 3 is 2.18 bits per heavy atom. The smallest absolute Gasteiger partial charge is 0.274 e. The molecule has 1 fully saturated rings. The third kappa shape index (κ3) is 3.80. The first kappa shape index (κ1) is 15.2. The molecule has 0 bridgehead atoms. The van der Waals surface area contributed by atoms with Gasteiger partial charge in [0, 0.05) is 13.2 Å². The van der Waals surface area contributed by atoms with E-state index in [1.54, 1.807) is 0 Å². The lowest BCUT2D eigenvalue weighted by atomic mass is 9.96. The molecule has 0 saturated heterocycles. The van der Waals surface area contributed by atoms with Gasteiger partial charge < -0.3 is 9.41 Å². The fourth-order valence-electron chi connectivity index (χ4n) is 3.06. The first-order valence-electron chi connectivity index (χ1n) is 7.28. The van der Waals surface area contributed by atoms with Gasteiger partial charge in [-0.3, -0.25) is 0 Å². The van der Waals surface area contributed by atoms with Crippen molar-refractivity contribution >= 4 is 8.48 Å². The van der Waals surface area contributed by atoms with Gasteiger partial charge in [0.1, 0.15) is 0 Å². The maximum atomic E-state index is 6.07. The minimum atomic E-state index is -1.81. The first-order chi connectivity index (χ1) is 7.95. The number of hydrogen-bond acceptors (Lipinski definition) is 2. The Kier molecular flexibility index (Phi) is 5.67. The molecule has 1 rings (SSSR count). The standard InChI is InChI=1S/C14H31NOSi/c1-6-12-17(16-5,14(2,3)4)15-13-10-8-7-9-11-13/h13,15H,6-12H2,1-5H3. The predicted octanol–water partition coefficient (Wildman–Crippen LogP) is 4.21. The zero-order valence-electron chi connectivity index (χ0n) is 12.4. The van der Waals surface area contributed by atoms with Crippen molar-refractivity contribution < 1.29 is 4.43 Å². The van der Waals surface area contributed by atoms with Crippen molar-refractivity contribution in [3.63, 3.8) is 0 Å². The minimum absolute atomic E-state index is 0.273. The lowest BCUT2D eigenvalue weighted by Gasteiger charge is -2.44. The van der Waals surface area contributed by atoms with E-state index in [-0.39, 0.29) is 5.04 Å². The molecular formula is C14H31NOSi. The third-order valence-electron chi connectivity index (χ3n) is 4.20. The Balaban J connectivity index is 2.74. The predicted molar refractivity (Wildman–Crippen MR) is 77.6 cm³/mol. The molecule has 17 heavy (non-hydrogen) atoms. The Hall–Kier alpha value is 0.137. The summed E-state index contributed by atoms with van der Waals surface area (Å²) in [6.45, 7) is 9.30. The molecule has 0 aromatic rings. The molecule has 0 aliphatic heterocycles. The Labute approximate surface area is 109 Å². The summed E-state index contributed by atoms with van der Waals surface area (Å²) in [6, 6.07) is 1.94. The van der Waals surface area contributed by atoms with Crippen molar-refractivity contribution in [2.45, 2.75) is 83.3 Å². The van der Waals surface area contributed by atoms with E-state index in [0.717, 1.165) is 0 Å². The lowest BCUT2D eigenvalue weighted by Crippen LogP contribution is -2.62. The van der Waals surface area contributed by atoms with Gasteiger partial charge in [0.2, 0.25) is 0 Å². The zero-order chi connectivity index (χ0) is 12.9. The molecule has 1 atom stereocenters. The van der Waals surface area contributed by atoms with Crippen LogP contribution >= 0.6 is 0 Å². The van der Waals surface area contributed by atoms with Gasteiger partial charge in [-0.05, 0) is 23.9 Å². The average Bonchev–Trinajstić information content (AvgIpc) is 2.28. The van der Waals surface area contributed by atoms with Crippen LogP contribution in [0.15, 0.2) is 0 Å². The summed E-state index contributed by atoms with van der Waals surface area (Å²) < 4.78 is 6.07. The summed E-state index contributed by atoms with van der Waals surface area (Å²) in [6.07, 6.45) is 8.11. The topological polar surface area (TPSA) is 21.3 Å². The SMILES string of the molecule is CCC[Si](NC1CCCCC1)(OC)C(C)(C)C. The molecular weight excluding hydrogens is 226 g/mol. The molecule has 1 saturated carbocycles. The molecule has 2 nitrogen and oxygen atoms in total. The van der Waals surface area contributed by atoms with Crippen LogP contribution in [0.3, 0.4) is 0 Å². The van der Waals surface area contributed by atoms with Gasteiger partial charge in [-0.15, -0.1) is 0 Å². The largest absolute Gasteiger partial charge is 0.406 e. The highest BCUT2D eigenvalue weighted by Crippen LogP contribution is 2.39. The van der Waals surface area contributed by atoms with E-state index in [1.807, 2.05) is 7.11 Å². The van der Waals surface area contributed by atoms with Gasteiger partial charge in [-0.2, -0.15) is 0 Å². The van der Waals surface area contributed by atoms with E-state index < -0.39 is 8.48 Å². The van der Waals surface area contributed by atoms with Crippen molar-refractivity contribution in [3.8, 4) is 0 Å². The summed E-state index contributed by atoms with van der Waals surface area (Å²) in [5.41, 5.74) is 0. The molecule has 1 N–H and O–H groups in total. The number of rotatable bonds is 5. The van der Waals surface area contributed by atoms with E-state index in [1.165, 1.54) is 44.6 Å². The molecule has 0 radical (unpaired) electrons. The maximum absolute atomic E-state index is 6.07. The highest BCUT2D eigenvalue weighted by Gasteiger charge is 2.46. The van der Waals surface area contributed by atoms with Crippen molar-refractivity contribution in [1.82, 2.24) is 4.98 Å². The molecule has 0 amide bonds. The second-order valence-electron chi connectivity index (χ2n) is 6.51. The minimum Gasteiger partial charge on any atom is -0.406 e. The van der Waals surface area contributed by atoms with E-state index >= 15 is 0 Å². The van der Waals surface area contributed by atoms with Gasteiger partial charge in [0.15, 0.2) is 0 Å². The molecule has 0 heterocycles. The summed E-state index contributed by atoms with van der Waals surface area (Å²) >= 11 is 0. The Morgan fingerprint density at radius 2 is 1.76 bits per heavy atom. The second kappa shape index (κ2) is 6.35. The van der Waals surface area contributed by atoms with Crippen LogP contribution in [0, 0.1) is 0 Å². The molecule has 0 aromatic carbocycles. The fourth-order valence-corrected chi connectivity index (χ4v) is 6.97. The quantitative estimate of drug-likeness (QED) is 0.745. The molecule has 1 unspecified atom stereocenters. The second-order valence-corrected chi connectivity index (χ2v) is 10.9. The Morgan fingerprint density at radius 1 is 1.18 bits per heavy atom. The van der Waals surface area contributed by atoms with Crippen LogP contribution < -0.4 is 4.98 Å². The Bertz CT molecular complexity index is 221. The van der Waals surface area contributed by atoms with Crippen LogP contribution in [-0.2, 0) is 4.43 Å². The van der Waals surface area contributed by atoms with Crippen molar-refractivity contribution in [3.05, 3.63) is 0 Å². The lowest BCUT2D eigenvalue weighted by molar-refractivity contribution is 0.312. The van der Waals surface area contributed by atoms with Crippen molar-refractivity contribution in [1.29, 1.82) is 0 Å². The molecule has 102 valence electrons. The average molecular weight is 257 g/mol. The summed E-state index contributed by atoms with van der Waals surface area (Å²) in [5, 5.41) is 0.273. The van der Waals surface area contributed by atoms with Crippen LogP contribution in [0.1, 0.15) is 66.2 Å². The fraction of sp³-hybridized carbons (Fsp3) is 1.00. The first-order valence-corrected chi connectivity index (χ1v) is 9.39. The van der Waals surface area contributed by atoms with E-state index in [2.05, 4.69) is 32.7 Å². The molecule has 3 heteroatoms. The van der Waals surface area contributed by atoms with Crippen LogP contribution in [0.5, 0.6) is 0 Å². The van der Waals surface area contributed by atoms with Gasteiger partial charge >= 0.3 is 0 Å². The third-order valence-corrected chi connectivity index (χ3v) is 9.40. The summed E-state index contributed by atoms with van der Waals surface area (Å²) in [4.78, 5) is 3.98. The van der Waals surface area contributed by atoms with Gasteiger partial charge in [-0.1, -0.05) is 53.4 Å². The molecule has 0 aromatic heterocycles. The molecule has 1 aliphatic rings. The molecule has 0 spiro atoms. The van der Waals surface area contributed by atoms with Crippen molar-refractivity contribution in [2.24, 2.45) is 0 Å². The van der Waals surface area contributed by atoms with Crippen LogP contribution in [0.4, 0.5) is 0 Å².